The molecule has 0 atom stereocenters. The highest BCUT2D eigenvalue weighted by atomic mass is 19.4. The maximum atomic E-state index is 13.0. The zero-order valence-electron chi connectivity index (χ0n) is 21.6. The van der Waals surface area contributed by atoms with Gasteiger partial charge in [0.15, 0.2) is 0 Å². The molecule has 11 heteroatoms. The van der Waals surface area contributed by atoms with Gasteiger partial charge < -0.3 is 14.2 Å². The van der Waals surface area contributed by atoms with Crippen molar-refractivity contribution in [1.29, 1.82) is 0 Å². The number of benzene rings is 2. The van der Waals surface area contributed by atoms with Crippen LogP contribution in [0.25, 0.3) is 11.0 Å². The molecule has 0 bridgehead atoms. The lowest BCUT2D eigenvalue weighted by atomic mass is 9.89. The quantitative estimate of drug-likeness (QED) is 0.263. The minimum Gasteiger partial charge on any atom is -0.494 e. The van der Waals surface area contributed by atoms with Crippen LogP contribution in [0.15, 0.2) is 42.5 Å². The van der Waals surface area contributed by atoms with Crippen molar-refractivity contribution in [1.82, 2.24) is 14.5 Å². The molecular formula is C28H31F6N3O2. The number of aromatic nitrogens is 2. The monoisotopic (exact) mass is 555 g/mol. The van der Waals surface area contributed by atoms with Gasteiger partial charge in [0.25, 0.3) is 5.91 Å². The molecule has 1 heterocycles. The fourth-order valence-corrected chi connectivity index (χ4v) is 5.15. The van der Waals surface area contributed by atoms with Crippen LogP contribution in [0.2, 0.25) is 0 Å². The van der Waals surface area contributed by atoms with E-state index in [9.17, 15) is 31.1 Å². The van der Waals surface area contributed by atoms with Crippen LogP contribution in [0, 0.1) is 5.92 Å². The van der Waals surface area contributed by atoms with Crippen molar-refractivity contribution < 1.29 is 35.9 Å². The van der Waals surface area contributed by atoms with Crippen molar-refractivity contribution in [3.05, 3.63) is 59.4 Å². The third-order valence-electron chi connectivity index (χ3n) is 6.86. The zero-order valence-corrected chi connectivity index (χ0v) is 21.6. The molecule has 1 amide bonds. The van der Waals surface area contributed by atoms with E-state index in [1.165, 1.54) is 18.6 Å². The number of hydrogen-bond acceptors (Lipinski definition) is 3. The summed E-state index contributed by atoms with van der Waals surface area (Å²) in [5, 5.41) is 0. The normalized spacial score (nSPS) is 15.1. The van der Waals surface area contributed by atoms with E-state index >= 15 is 0 Å². The van der Waals surface area contributed by atoms with Crippen molar-refractivity contribution in [2.75, 3.05) is 19.7 Å². The summed E-state index contributed by atoms with van der Waals surface area (Å²) < 4.78 is 85.4. The molecule has 0 radical (unpaired) electrons. The van der Waals surface area contributed by atoms with Crippen LogP contribution in [-0.4, -0.2) is 52.4 Å². The van der Waals surface area contributed by atoms with Crippen molar-refractivity contribution in [3.8, 4) is 5.75 Å². The summed E-state index contributed by atoms with van der Waals surface area (Å²) in [5.41, 5.74) is 1.75. The van der Waals surface area contributed by atoms with Crippen LogP contribution in [0.5, 0.6) is 5.75 Å². The Balaban J connectivity index is 1.68. The molecule has 1 aromatic heterocycles. The van der Waals surface area contributed by atoms with E-state index in [4.69, 9.17) is 9.72 Å². The first-order valence-corrected chi connectivity index (χ1v) is 13.1. The summed E-state index contributed by atoms with van der Waals surface area (Å²) in [7, 11) is 0. The van der Waals surface area contributed by atoms with E-state index in [0.29, 0.717) is 42.3 Å². The van der Waals surface area contributed by atoms with Gasteiger partial charge in [-0.15, -0.1) is 0 Å². The predicted octanol–water partition coefficient (Wildman–Crippen LogP) is 7.17. The Labute approximate surface area is 222 Å². The van der Waals surface area contributed by atoms with Crippen molar-refractivity contribution in [3.63, 3.8) is 0 Å². The van der Waals surface area contributed by atoms with Gasteiger partial charge in [-0.3, -0.25) is 4.79 Å². The second kappa shape index (κ2) is 11.9. The van der Waals surface area contributed by atoms with Gasteiger partial charge in [0.05, 0.1) is 17.6 Å². The average Bonchev–Trinajstić information content (AvgIpc) is 3.19. The zero-order chi connectivity index (χ0) is 28.2. The first-order chi connectivity index (χ1) is 18.4. The lowest BCUT2D eigenvalue weighted by Gasteiger charge is -2.25. The summed E-state index contributed by atoms with van der Waals surface area (Å²) in [4.78, 5) is 17.3. The van der Waals surface area contributed by atoms with Crippen LogP contribution in [0.1, 0.15) is 60.8 Å². The van der Waals surface area contributed by atoms with Crippen LogP contribution >= 0.6 is 0 Å². The molecule has 212 valence electrons. The number of imidazole rings is 1. The molecule has 5 nitrogen and oxygen atoms in total. The minimum absolute atomic E-state index is 0.221. The van der Waals surface area contributed by atoms with Gasteiger partial charge in [-0.1, -0.05) is 31.4 Å². The Kier molecular flexibility index (Phi) is 8.76. The molecule has 0 spiro atoms. The molecular weight excluding hydrogens is 524 g/mol. The fourth-order valence-electron chi connectivity index (χ4n) is 5.15. The molecule has 0 unspecified atom stereocenters. The minimum atomic E-state index is -4.97. The summed E-state index contributed by atoms with van der Waals surface area (Å²) in [6, 6.07) is 11.7. The fraction of sp³-hybridized carbons (Fsp3) is 0.500. The van der Waals surface area contributed by atoms with Gasteiger partial charge in [0.2, 0.25) is 0 Å². The summed E-state index contributed by atoms with van der Waals surface area (Å²) in [6.45, 7) is -0.859. The highest BCUT2D eigenvalue weighted by molar-refractivity contribution is 5.97. The third-order valence-corrected chi connectivity index (χ3v) is 6.86. The number of carbonyl (C=O) groups is 1. The summed E-state index contributed by atoms with van der Waals surface area (Å²) >= 11 is 0. The number of ether oxygens (including phenoxy) is 1. The largest absolute Gasteiger partial charge is 0.494 e. The van der Waals surface area contributed by atoms with Crippen LogP contribution in [-0.2, 0) is 13.0 Å². The highest BCUT2D eigenvalue weighted by Crippen LogP contribution is 2.30. The molecule has 3 aromatic rings. The van der Waals surface area contributed by atoms with E-state index in [1.54, 1.807) is 6.07 Å². The number of halogens is 6. The van der Waals surface area contributed by atoms with Crippen molar-refractivity contribution in [2.45, 2.75) is 64.3 Å². The molecule has 2 aromatic carbocycles. The number of hydrogen-bond donors (Lipinski definition) is 0. The number of amides is 1. The van der Waals surface area contributed by atoms with Gasteiger partial charge in [-0.25, -0.2) is 4.98 Å². The van der Waals surface area contributed by atoms with Crippen LogP contribution < -0.4 is 4.74 Å². The first kappa shape index (κ1) is 28.8. The van der Waals surface area contributed by atoms with Crippen molar-refractivity contribution >= 4 is 16.9 Å². The Morgan fingerprint density at radius 3 is 2.21 bits per heavy atom. The standard InChI is InChI=1S/C28H31F6N3O2/c1-2-39-22-11-8-19(9-12-22)14-25-35-23-15-21(26(38)36(17-27(29,30)31)18-28(32,33)34)10-13-24(23)37(25)16-20-6-4-3-5-7-20/h8-13,15,20H,2-7,14,16-18H2,1H3. The maximum Gasteiger partial charge on any atom is 0.406 e. The van der Waals surface area contributed by atoms with Crippen LogP contribution in [0.3, 0.4) is 0 Å². The Morgan fingerprint density at radius 2 is 1.62 bits per heavy atom. The van der Waals surface area contributed by atoms with Crippen molar-refractivity contribution in [2.24, 2.45) is 5.92 Å². The topological polar surface area (TPSA) is 47.4 Å². The predicted molar refractivity (Wildman–Crippen MR) is 135 cm³/mol. The molecule has 1 aliphatic carbocycles. The Bertz CT molecular complexity index is 1250. The molecule has 0 aliphatic heterocycles. The highest BCUT2D eigenvalue weighted by Gasteiger charge is 2.40. The number of carbonyl (C=O) groups excluding carboxylic acids is 1. The first-order valence-electron chi connectivity index (χ1n) is 13.1. The second-order valence-electron chi connectivity index (χ2n) is 9.99. The van der Waals surface area contributed by atoms with E-state index < -0.39 is 31.3 Å². The number of nitrogens with zero attached hydrogens (tertiary/aromatic N) is 3. The number of rotatable bonds is 9. The third kappa shape index (κ3) is 7.89. The van der Waals surface area contributed by atoms with Crippen LogP contribution in [0.4, 0.5) is 26.3 Å². The lowest BCUT2D eigenvalue weighted by molar-refractivity contribution is -0.171. The number of alkyl halides is 6. The van der Waals surface area contributed by atoms with Gasteiger partial charge in [-0.2, -0.15) is 26.3 Å². The molecule has 39 heavy (non-hydrogen) atoms. The average molecular weight is 556 g/mol. The van der Waals surface area contributed by atoms with E-state index in [1.807, 2.05) is 31.2 Å². The Morgan fingerprint density at radius 1 is 0.974 bits per heavy atom. The summed E-state index contributed by atoms with van der Waals surface area (Å²) in [6.07, 6.45) is -3.87. The molecule has 1 saturated carbocycles. The smallest absolute Gasteiger partial charge is 0.406 e. The number of fused-ring (bicyclic) bond motifs is 1. The second-order valence-corrected chi connectivity index (χ2v) is 9.99. The van der Waals surface area contributed by atoms with Gasteiger partial charge in [-0.05, 0) is 61.6 Å². The van der Waals surface area contributed by atoms with Gasteiger partial charge in [0, 0.05) is 18.5 Å². The SMILES string of the molecule is CCOc1ccc(Cc2nc3cc(C(=O)N(CC(F)(F)F)CC(F)(F)F)ccc3n2CC2CCCCC2)cc1. The molecule has 1 fully saturated rings. The molecule has 0 N–H and O–H groups in total. The van der Waals surface area contributed by atoms with Gasteiger partial charge in [0.1, 0.15) is 24.7 Å². The van der Waals surface area contributed by atoms with E-state index in [2.05, 4.69) is 4.57 Å². The molecule has 1 aliphatic rings. The van der Waals surface area contributed by atoms with E-state index in [-0.39, 0.29) is 10.5 Å². The lowest BCUT2D eigenvalue weighted by Crippen LogP contribution is -2.44. The van der Waals surface area contributed by atoms with E-state index in [0.717, 1.165) is 37.0 Å². The molecule has 0 saturated heterocycles. The molecule has 4 rings (SSSR count). The summed E-state index contributed by atoms with van der Waals surface area (Å²) in [5.74, 6) is 0.543. The van der Waals surface area contributed by atoms with Gasteiger partial charge >= 0.3 is 12.4 Å². The maximum absolute atomic E-state index is 13.0. The Hall–Kier alpha value is -3.24.